The molecule has 2 N–H and O–H groups in total. The van der Waals surface area contributed by atoms with Crippen LogP contribution in [0.15, 0.2) is 24.3 Å². The summed E-state index contributed by atoms with van der Waals surface area (Å²) in [6.45, 7) is 3.14. The molecule has 1 aromatic carbocycles. The smallest absolute Gasteiger partial charge is 0.246 e. The minimum absolute atomic E-state index is 0.0496. The molecule has 118 valence electrons. The molecule has 2 amide bonds. The largest absolute Gasteiger partial charge is 0.496 e. The Kier molecular flexibility index (Phi) is 5.20. The summed E-state index contributed by atoms with van der Waals surface area (Å²) < 4.78 is 5.29. The Bertz CT molecular complexity index is 588. The first-order valence-corrected chi connectivity index (χ1v) is 7.42. The van der Waals surface area contributed by atoms with Crippen molar-refractivity contribution in [2.24, 2.45) is 11.7 Å². The van der Waals surface area contributed by atoms with Gasteiger partial charge in [-0.3, -0.25) is 9.59 Å². The van der Waals surface area contributed by atoms with Gasteiger partial charge in [-0.1, -0.05) is 11.6 Å². The normalized spacial score (nSPS) is 16.0. The second-order valence-electron chi connectivity index (χ2n) is 5.58. The van der Waals surface area contributed by atoms with E-state index < -0.39 is 0 Å². The molecule has 0 atom stereocenters. The van der Waals surface area contributed by atoms with Crippen LogP contribution in [0.3, 0.4) is 0 Å². The second kappa shape index (κ2) is 7.11. The fourth-order valence-corrected chi connectivity index (χ4v) is 2.63. The lowest BCUT2D eigenvalue weighted by atomic mass is 9.96. The van der Waals surface area contributed by atoms with Crippen LogP contribution < -0.4 is 10.5 Å². The third-order valence-electron chi connectivity index (χ3n) is 4.00. The maximum absolute atomic E-state index is 12.2. The third kappa shape index (κ3) is 3.87. The topological polar surface area (TPSA) is 72.6 Å². The summed E-state index contributed by atoms with van der Waals surface area (Å²) in [4.78, 5) is 25.1. The molecule has 0 aliphatic carbocycles. The fraction of sp³-hybridized carbons (Fsp3) is 0.412. The minimum Gasteiger partial charge on any atom is -0.496 e. The number of carbonyl (C=O) groups excluding carboxylic acids is 2. The maximum atomic E-state index is 12.2. The number of hydrogen-bond acceptors (Lipinski definition) is 3. The Morgan fingerprint density at radius 1 is 1.32 bits per heavy atom. The lowest BCUT2D eigenvalue weighted by molar-refractivity contribution is -0.130. The molecule has 5 nitrogen and oxygen atoms in total. The van der Waals surface area contributed by atoms with Gasteiger partial charge in [-0.15, -0.1) is 0 Å². The molecule has 22 heavy (non-hydrogen) atoms. The first-order valence-electron chi connectivity index (χ1n) is 7.42. The quantitative estimate of drug-likeness (QED) is 0.861. The monoisotopic (exact) mass is 302 g/mol. The molecule has 2 rings (SSSR count). The number of primary amides is 1. The molecule has 1 fully saturated rings. The van der Waals surface area contributed by atoms with Crippen molar-refractivity contribution in [2.45, 2.75) is 19.8 Å². The van der Waals surface area contributed by atoms with Crippen LogP contribution in [0.4, 0.5) is 0 Å². The lowest BCUT2D eigenvalue weighted by Gasteiger charge is -2.29. The number of nitrogens with zero attached hydrogens (tertiary/aromatic N) is 1. The van der Waals surface area contributed by atoms with Gasteiger partial charge >= 0.3 is 0 Å². The van der Waals surface area contributed by atoms with Crippen molar-refractivity contribution in [1.82, 2.24) is 4.90 Å². The van der Waals surface area contributed by atoms with Crippen molar-refractivity contribution in [2.75, 3.05) is 20.2 Å². The van der Waals surface area contributed by atoms with Gasteiger partial charge in [-0.2, -0.15) is 0 Å². The average molecular weight is 302 g/mol. The molecule has 1 aromatic rings. The molecule has 1 aliphatic heterocycles. The Labute approximate surface area is 130 Å². The summed E-state index contributed by atoms with van der Waals surface area (Å²) in [6.07, 6.45) is 4.61. The van der Waals surface area contributed by atoms with Crippen LogP contribution in [-0.4, -0.2) is 36.9 Å². The number of likely N-dealkylation sites (tertiary alicyclic amines) is 1. The van der Waals surface area contributed by atoms with Crippen molar-refractivity contribution >= 4 is 17.9 Å². The van der Waals surface area contributed by atoms with E-state index in [1.807, 2.05) is 25.1 Å². The molecule has 0 saturated carbocycles. The van der Waals surface area contributed by atoms with Crippen molar-refractivity contribution < 1.29 is 14.3 Å². The summed E-state index contributed by atoms with van der Waals surface area (Å²) in [7, 11) is 1.61. The van der Waals surface area contributed by atoms with Gasteiger partial charge in [0.05, 0.1) is 7.11 Å². The van der Waals surface area contributed by atoms with Gasteiger partial charge in [0.25, 0.3) is 0 Å². The van der Waals surface area contributed by atoms with Gasteiger partial charge in [0, 0.05) is 30.6 Å². The number of hydrogen-bond donors (Lipinski definition) is 1. The third-order valence-corrected chi connectivity index (χ3v) is 4.00. The number of ether oxygens (including phenoxy) is 1. The zero-order chi connectivity index (χ0) is 16.1. The Morgan fingerprint density at radius 2 is 2.00 bits per heavy atom. The van der Waals surface area contributed by atoms with Crippen LogP contribution in [-0.2, 0) is 9.59 Å². The predicted molar refractivity (Wildman–Crippen MR) is 85.3 cm³/mol. The second-order valence-corrected chi connectivity index (χ2v) is 5.58. The van der Waals surface area contributed by atoms with Crippen LogP contribution in [0.2, 0.25) is 0 Å². The van der Waals surface area contributed by atoms with E-state index in [4.69, 9.17) is 10.5 Å². The number of methoxy groups -OCH3 is 1. The van der Waals surface area contributed by atoms with Crippen molar-refractivity contribution in [3.63, 3.8) is 0 Å². The molecule has 0 radical (unpaired) electrons. The Morgan fingerprint density at radius 3 is 2.59 bits per heavy atom. The number of benzene rings is 1. The van der Waals surface area contributed by atoms with Gasteiger partial charge in [0.2, 0.25) is 11.8 Å². The lowest BCUT2D eigenvalue weighted by Crippen LogP contribution is -2.41. The van der Waals surface area contributed by atoms with E-state index >= 15 is 0 Å². The molecule has 0 spiro atoms. The molecule has 1 heterocycles. The number of nitrogens with two attached hydrogens (primary N) is 1. The molecule has 1 aliphatic rings. The highest BCUT2D eigenvalue weighted by atomic mass is 16.5. The number of rotatable bonds is 4. The van der Waals surface area contributed by atoms with Gasteiger partial charge in [0.15, 0.2) is 0 Å². The van der Waals surface area contributed by atoms with E-state index in [0.29, 0.717) is 25.9 Å². The van der Waals surface area contributed by atoms with Gasteiger partial charge < -0.3 is 15.4 Å². The molecule has 5 heteroatoms. The van der Waals surface area contributed by atoms with Crippen LogP contribution in [0, 0.1) is 12.8 Å². The van der Waals surface area contributed by atoms with Crippen molar-refractivity contribution in [3.8, 4) is 5.75 Å². The van der Waals surface area contributed by atoms with Crippen LogP contribution in [0.1, 0.15) is 24.0 Å². The summed E-state index contributed by atoms with van der Waals surface area (Å²) in [5.41, 5.74) is 7.28. The fourth-order valence-electron chi connectivity index (χ4n) is 2.63. The average Bonchev–Trinajstić information content (AvgIpc) is 2.52. The summed E-state index contributed by atoms with van der Waals surface area (Å²) in [6, 6.07) is 5.83. The molecule has 0 unspecified atom stereocenters. The highest BCUT2D eigenvalue weighted by molar-refractivity contribution is 5.92. The highest BCUT2D eigenvalue weighted by Crippen LogP contribution is 2.22. The van der Waals surface area contributed by atoms with Crippen LogP contribution >= 0.6 is 0 Å². The van der Waals surface area contributed by atoms with E-state index in [2.05, 4.69) is 0 Å². The number of piperidine rings is 1. The van der Waals surface area contributed by atoms with Crippen LogP contribution in [0.25, 0.3) is 6.08 Å². The van der Waals surface area contributed by atoms with E-state index in [-0.39, 0.29) is 17.7 Å². The first kappa shape index (κ1) is 16.1. The summed E-state index contributed by atoms with van der Waals surface area (Å²) >= 11 is 0. The highest BCUT2D eigenvalue weighted by Gasteiger charge is 2.24. The summed E-state index contributed by atoms with van der Waals surface area (Å²) in [5, 5.41) is 0. The van der Waals surface area contributed by atoms with E-state index in [1.165, 1.54) is 0 Å². The zero-order valence-corrected chi connectivity index (χ0v) is 13.0. The van der Waals surface area contributed by atoms with E-state index in [9.17, 15) is 9.59 Å². The predicted octanol–water partition coefficient (Wildman–Crippen LogP) is 1.74. The van der Waals surface area contributed by atoms with E-state index in [0.717, 1.165) is 16.9 Å². The Balaban J connectivity index is 2.00. The molecular formula is C17H22N2O3. The van der Waals surface area contributed by atoms with Gasteiger partial charge in [-0.05, 0) is 38.0 Å². The first-order chi connectivity index (χ1) is 10.5. The molecule has 1 saturated heterocycles. The molecule has 0 aromatic heterocycles. The van der Waals surface area contributed by atoms with Gasteiger partial charge in [-0.25, -0.2) is 0 Å². The number of aryl methyl sites for hydroxylation is 1. The number of amides is 2. The standard InChI is InChI=1S/C17H22N2O3/c1-12-3-5-15(22-2)14(11-12)4-6-16(20)19-9-7-13(8-10-19)17(18)21/h3-6,11,13H,7-10H2,1-2H3,(H2,18,21)/b6-4+. The minimum atomic E-state index is -0.271. The molecule has 0 bridgehead atoms. The zero-order valence-electron chi connectivity index (χ0n) is 13.0. The maximum Gasteiger partial charge on any atom is 0.246 e. The van der Waals surface area contributed by atoms with Crippen molar-refractivity contribution in [3.05, 3.63) is 35.4 Å². The van der Waals surface area contributed by atoms with Gasteiger partial charge in [0.1, 0.15) is 5.75 Å². The van der Waals surface area contributed by atoms with Crippen molar-refractivity contribution in [1.29, 1.82) is 0 Å². The Hall–Kier alpha value is -2.30. The summed E-state index contributed by atoms with van der Waals surface area (Å²) in [5.74, 6) is 0.311. The number of carbonyl (C=O) groups is 2. The van der Waals surface area contributed by atoms with Crippen LogP contribution in [0.5, 0.6) is 5.75 Å². The molecular weight excluding hydrogens is 280 g/mol. The van der Waals surface area contributed by atoms with E-state index in [1.54, 1.807) is 24.2 Å². The SMILES string of the molecule is COc1ccc(C)cc1/C=C/C(=O)N1CCC(C(N)=O)CC1.